The molecule has 0 atom stereocenters. The lowest BCUT2D eigenvalue weighted by Crippen LogP contribution is -2.26. The number of thiophene rings is 1. The SMILES string of the molecule is Cc1ccsc1CN(C)C(=O)c1cc(F)cc2[nH]cnc12. The van der Waals surface area contributed by atoms with Crippen LogP contribution in [0, 0.1) is 12.7 Å². The van der Waals surface area contributed by atoms with E-state index >= 15 is 0 Å². The van der Waals surface area contributed by atoms with E-state index in [1.807, 2.05) is 18.4 Å². The number of imidazole rings is 1. The van der Waals surface area contributed by atoms with Crippen LogP contribution in [0.25, 0.3) is 11.0 Å². The highest BCUT2D eigenvalue weighted by Gasteiger charge is 2.18. The summed E-state index contributed by atoms with van der Waals surface area (Å²) < 4.78 is 13.6. The van der Waals surface area contributed by atoms with E-state index in [-0.39, 0.29) is 11.5 Å². The van der Waals surface area contributed by atoms with Gasteiger partial charge in [-0.25, -0.2) is 9.37 Å². The average molecular weight is 303 g/mol. The molecular formula is C15H14FN3OS. The third-order valence-corrected chi connectivity index (χ3v) is 4.42. The minimum Gasteiger partial charge on any atom is -0.344 e. The average Bonchev–Trinajstić information content (AvgIpc) is 3.06. The highest BCUT2D eigenvalue weighted by atomic mass is 32.1. The van der Waals surface area contributed by atoms with Crippen LogP contribution in [0.4, 0.5) is 4.39 Å². The zero-order chi connectivity index (χ0) is 15.0. The van der Waals surface area contributed by atoms with Gasteiger partial charge < -0.3 is 9.88 Å². The molecular weight excluding hydrogens is 289 g/mol. The summed E-state index contributed by atoms with van der Waals surface area (Å²) in [6, 6.07) is 4.60. The minimum atomic E-state index is -0.448. The molecule has 108 valence electrons. The van der Waals surface area contributed by atoms with Gasteiger partial charge in [-0.15, -0.1) is 11.3 Å². The lowest BCUT2D eigenvalue weighted by atomic mass is 10.1. The largest absolute Gasteiger partial charge is 0.344 e. The molecule has 4 nitrogen and oxygen atoms in total. The van der Waals surface area contributed by atoms with Crippen molar-refractivity contribution in [3.63, 3.8) is 0 Å². The monoisotopic (exact) mass is 303 g/mol. The number of nitrogens with zero attached hydrogens (tertiary/aromatic N) is 2. The van der Waals surface area contributed by atoms with Crippen LogP contribution in [0.1, 0.15) is 20.8 Å². The van der Waals surface area contributed by atoms with Crippen LogP contribution in [0.2, 0.25) is 0 Å². The highest BCUT2D eigenvalue weighted by Crippen LogP contribution is 2.21. The lowest BCUT2D eigenvalue weighted by molar-refractivity contribution is 0.0787. The van der Waals surface area contributed by atoms with Gasteiger partial charge in [0.25, 0.3) is 5.91 Å². The predicted octanol–water partition coefficient (Wildman–Crippen LogP) is 3.34. The summed E-state index contributed by atoms with van der Waals surface area (Å²) in [5.41, 5.74) is 2.46. The first kappa shape index (κ1) is 13.8. The molecule has 0 saturated heterocycles. The lowest BCUT2D eigenvalue weighted by Gasteiger charge is -2.17. The van der Waals surface area contributed by atoms with E-state index in [1.165, 1.54) is 18.5 Å². The molecule has 0 bridgehead atoms. The number of nitrogens with one attached hydrogen (secondary N) is 1. The summed E-state index contributed by atoms with van der Waals surface area (Å²) in [7, 11) is 1.71. The first-order valence-electron chi connectivity index (χ1n) is 6.47. The minimum absolute atomic E-state index is 0.237. The maximum Gasteiger partial charge on any atom is 0.256 e. The molecule has 0 aliphatic carbocycles. The Kier molecular flexibility index (Phi) is 3.47. The van der Waals surface area contributed by atoms with Crippen LogP contribution in [0.5, 0.6) is 0 Å². The number of amides is 1. The molecule has 0 radical (unpaired) electrons. The Morgan fingerprint density at radius 3 is 3.00 bits per heavy atom. The van der Waals surface area contributed by atoms with Crippen LogP contribution in [0.15, 0.2) is 29.9 Å². The summed E-state index contributed by atoms with van der Waals surface area (Å²) >= 11 is 1.61. The van der Waals surface area contributed by atoms with Crippen molar-refractivity contribution in [3.05, 3.63) is 51.7 Å². The van der Waals surface area contributed by atoms with Gasteiger partial charge >= 0.3 is 0 Å². The number of hydrogen-bond donors (Lipinski definition) is 1. The molecule has 0 aliphatic rings. The fraction of sp³-hybridized carbons (Fsp3) is 0.200. The maximum atomic E-state index is 13.6. The van der Waals surface area contributed by atoms with Crippen LogP contribution in [0.3, 0.4) is 0 Å². The van der Waals surface area contributed by atoms with Gasteiger partial charge in [-0.3, -0.25) is 4.79 Å². The van der Waals surface area contributed by atoms with Crippen molar-refractivity contribution in [2.75, 3.05) is 7.05 Å². The second-order valence-corrected chi connectivity index (χ2v) is 5.94. The predicted molar refractivity (Wildman–Crippen MR) is 80.9 cm³/mol. The van der Waals surface area contributed by atoms with Crippen LogP contribution in [-0.4, -0.2) is 27.8 Å². The summed E-state index contributed by atoms with van der Waals surface area (Å²) in [5, 5.41) is 2.00. The summed E-state index contributed by atoms with van der Waals surface area (Å²) in [5.74, 6) is -0.685. The molecule has 6 heteroatoms. The Morgan fingerprint density at radius 1 is 1.48 bits per heavy atom. The standard InChI is InChI=1S/C15H14FN3OS/c1-9-3-4-21-13(9)7-19(2)15(20)11-5-10(16)6-12-14(11)18-8-17-12/h3-6,8H,7H2,1-2H3,(H,17,18). The fourth-order valence-electron chi connectivity index (χ4n) is 2.24. The molecule has 3 rings (SSSR count). The van der Waals surface area contributed by atoms with Crippen molar-refractivity contribution < 1.29 is 9.18 Å². The van der Waals surface area contributed by atoms with Crippen LogP contribution >= 0.6 is 11.3 Å². The number of hydrogen-bond acceptors (Lipinski definition) is 3. The second-order valence-electron chi connectivity index (χ2n) is 4.94. The molecule has 0 spiro atoms. The first-order valence-corrected chi connectivity index (χ1v) is 7.35. The number of aromatic amines is 1. The third kappa shape index (κ3) is 2.54. The van der Waals surface area contributed by atoms with Crippen molar-refractivity contribution in [2.45, 2.75) is 13.5 Å². The van der Waals surface area contributed by atoms with Gasteiger partial charge in [0.15, 0.2) is 0 Å². The molecule has 21 heavy (non-hydrogen) atoms. The van der Waals surface area contributed by atoms with E-state index in [0.29, 0.717) is 17.6 Å². The highest BCUT2D eigenvalue weighted by molar-refractivity contribution is 7.10. The van der Waals surface area contributed by atoms with E-state index in [1.54, 1.807) is 23.3 Å². The first-order chi connectivity index (χ1) is 10.1. The number of aromatic nitrogens is 2. The molecule has 3 aromatic rings. The van der Waals surface area contributed by atoms with Crippen molar-refractivity contribution in [2.24, 2.45) is 0 Å². The number of fused-ring (bicyclic) bond motifs is 1. The summed E-state index contributed by atoms with van der Waals surface area (Å²) in [6.45, 7) is 2.52. The number of rotatable bonds is 3. The number of carbonyl (C=O) groups is 1. The van der Waals surface area contributed by atoms with E-state index in [2.05, 4.69) is 9.97 Å². The number of H-pyrrole nitrogens is 1. The normalized spacial score (nSPS) is 11.0. The van der Waals surface area contributed by atoms with E-state index < -0.39 is 5.82 Å². The Hall–Kier alpha value is -2.21. The maximum absolute atomic E-state index is 13.6. The van der Waals surface area contributed by atoms with Crippen LogP contribution < -0.4 is 0 Å². The Balaban J connectivity index is 1.93. The topological polar surface area (TPSA) is 49.0 Å². The molecule has 0 saturated carbocycles. The van der Waals surface area contributed by atoms with Crippen molar-refractivity contribution in [1.82, 2.24) is 14.9 Å². The number of aryl methyl sites for hydroxylation is 1. The van der Waals surface area contributed by atoms with Gasteiger partial charge in [-0.1, -0.05) is 0 Å². The molecule has 0 aliphatic heterocycles. The zero-order valence-corrected chi connectivity index (χ0v) is 12.5. The van der Waals surface area contributed by atoms with Crippen molar-refractivity contribution in [1.29, 1.82) is 0 Å². The molecule has 1 aromatic carbocycles. The number of halogens is 1. The van der Waals surface area contributed by atoms with Gasteiger partial charge in [-0.05, 0) is 36.1 Å². The molecule has 2 aromatic heterocycles. The Morgan fingerprint density at radius 2 is 2.29 bits per heavy atom. The summed E-state index contributed by atoms with van der Waals surface area (Å²) in [6.07, 6.45) is 1.46. The zero-order valence-electron chi connectivity index (χ0n) is 11.7. The molecule has 1 amide bonds. The molecule has 1 N–H and O–H groups in total. The molecule has 0 fully saturated rings. The van der Waals surface area contributed by atoms with E-state index in [9.17, 15) is 9.18 Å². The van der Waals surface area contributed by atoms with Gasteiger partial charge in [-0.2, -0.15) is 0 Å². The van der Waals surface area contributed by atoms with Gasteiger partial charge in [0, 0.05) is 11.9 Å². The van der Waals surface area contributed by atoms with Crippen molar-refractivity contribution in [3.8, 4) is 0 Å². The van der Waals surface area contributed by atoms with Crippen LogP contribution in [-0.2, 0) is 6.54 Å². The van der Waals surface area contributed by atoms with Crippen molar-refractivity contribution >= 4 is 28.3 Å². The number of benzene rings is 1. The number of carbonyl (C=O) groups excluding carboxylic acids is 1. The molecule has 0 unspecified atom stereocenters. The Bertz CT molecular complexity index is 808. The Labute approximate surface area is 125 Å². The van der Waals surface area contributed by atoms with E-state index in [0.717, 1.165) is 10.4 Å². The smallest absolute Gasteiger partial charge is 0.256 e. The van der Waals surface area contributed by atoms with Gasteiger partial charge in [0.2, 0.25) is 0 Å². The van der Waals surface area contributed by atoms with Gasteiger partial charge in [0.05, 0.1) is 24.0 Å². The van der Waals surface area contributed by atoms with E-state index in [4.69, 9.17) is 0 Å². The second kappa shape index (κ2) is 5.29. The summed E-state index contributed by atoms with van der Waals surface area (Å²) in [4.78, 5) is 22.2. The quantitative estimate of drug-likeness (QED) is 0.806. The fourth-order valence-corrected chi connectivity index (χ4v) is 3.20. The molecule has 2 heterocycles. The third-order valence-electron chi connectivity index (χ3n) is 3.41. The van der Waals surface area contributed by atoms with Gasteiger partial charge in [0.1, 0.15) is 11.3 Å².